The smallest absolute Gasteiger partial charge is 0.290 e. The number of allylic oxidation sites excluding steroid dienone is 2. The number of aromatic nitrogens is 2. The minimum Gasteiger partial charge on any atom is -0.491 e. The van der Waals surface area contributed by atoms with Crippen LogP contribution < -0.4 is 5.32 Å². The second-order valence-corrected chi connectivity index (χ2v) is 6.18. The quantitative estimate of drug-likeness (QED) is 0.365. The van der Waals surface area contributed by atoms with Gasteiger partial charge in [-0.05, 0) is 42.5 Å². The monoisotopic (exact) mass is 387 g/mol. The van der Waals surface area contributed by atoms with Gasteiger partial charge < -0.3 is 15.0 Å². The number of fused-ring (bicyclic) bond motifs is 1. The highest BCUT2D eigenvalue weighted by atomic mass is 35.5. The highest BCUT2D eigenvalue weighted by Gasteiger charge is 2.09. The fraction of sp³-hybridized carbons (Fsp3) is 0.0526. The lowest BCUT2D eigenvalue weighted by atomic mass is 10.2. The Morgan fingerprint density at radius 1 is 1.27 bits per heavy atom. The van der Waals surface area contributed by atoms with Gasteiger partial charge in [-0.15, -0.1) is 0 Å². The summed E-state index contributed by atoms with van der Waals surface area (Å²) in [5.74, 6) is -0.187. The number of methoxy groups -OCH3 is 1. The van der Waals surface area contributed by atoms with Crippen LogP contribution in [0.5, 0.6) is 0 Å². The van der Waals surface area contributed by atoms with Crippen molar-refractivity contribution in [3.63, 3.8) is 0 Å². The molecule has 1 aromatic carbocycles. The number of carbonyl (C=O) groups is 1. The van der Waals surface area contributed by atoms with Gasteiger partial charge in [0.1, 0.15) is 0 Å². The fourth-order valence-electron chi connectivity index (χ4n) is 2.34. The summed E-state index contributed by atoms with van der Waals surface area (Å²) in [5.41, 5.74) is 2.32. The van der Waals surface area contributed by atoms with Gasteiger partial charge in [0.25, 0.3) is 5.91 Å². The Balaban J connectivity index is 1.75. The van der Waals surface area contributed by atoms with Crippen molar-refractivity contribution in [2.24, 2.45) is 0 Å². The highest BCUT2D eigenvalue weighted by Crippen LogP contribution is 2.28. The molecule has 0 bridgehead atoms. The van der Waals surface area contributed by atoms with Gasteiger partial charge in [-0.3, -0.25) is 9.78 Å². The number of ether oxygens (including phenoxy) is 1. The van der Waals surface area contributed by atoms with E-state index in [1.807, 2.05) is 12.1 Å². The average molecular weight is 388 g/mol. The number of pyridine rings is 1. The molecule has 0 aliphatic carbocycles. The molecule has 2 aromatic heterocycles. The van der Waals surface area contributed by atoms with Gasteiger partial charge in [0.15, 0.2) is 5.76 Å². The van der Waals surface area contributed by atoms with E-state index in [9.17, 15) is 4.79 Å². The van der Waals surface area contributed by atoms with Crippen LogP contribution in [-0.4, -0.2) is 23.0 Å². The molecule has 3 rings (SSSR count). The average Bonchev–Trinajstić information content (AvgIpc) is 3.01. The van der Waals surface area contributed by atoms with Gasteiger partial charge >= 0.3 is 0 Å². The number of nitrogens with zero attached hydrogens (tertiary/aromatic N) is 1. The first-order valence-corrected chi connectivity index (χ1v) is 8.44. The van der Waals surface area contributed by atoms with Crippen LogP contribution in [0.2, 0.25) is 10.0 Å². The van der Waals surface area contributed by atoms with E-state index in [0.29, 0.717) is 15.7 Å². The van der Waals surface area contributed by atoms with Crippen molar-refractivity contribution in [3.8, 4) is 0 Å². The summed E-state index contributed by atoms with van der Waals surface area (Å²) in [5, 5.41) is 4.65. The Morgan fingerprint density at radius 3 is 2.81 bits per heavy atom. The molecule has 3 aromatic rings. The maximum atomic E-state index is 12.2. The third kappa shape index (κ3) is 4.25. The maximum Gasteiger partial charge on any atom is 0.290 e. The molecule has 2 heterocycles. The fourth-order valence-corrected chi connectivity index (χ4v) is 2.68. The molecule has 26 heavy (non-hydrogen) atoms. The minimum atomic E-state index is -0.361. The van der Waals surface area contributed by atoms with Crippen molar-refractivity contribution in [3.05, 3.63) is 76.4 Å². The molecule has 7 heteroatoms. The maximum absolute atomic E-state index is 12.2. The van der Waals surface area contributed by atoms with Crippen LogP contribution in [0.15, 0.2) is 60.6 Å². The summed E-state index contributed by atoms with van der Waals surface area (Å²) >= 11 is 12.0. The molecule has 0 radical (unpaired) electrons. The lowest BCUT2D eigenvalue weighted by Gasteiger charge is -2.06. The van der Waals surface area contributed by atoms with E-state index in [0.717, 1.165) is 16.6 Å². The van der Waals surface area contributed by atoms with Crippen LogP contribution in [0.3, 0.4) is 0 Å². The van der Waals surface area contributed by atoms with E-state index in [1.54, 1.807) is 48.8 Å². The van der Waals surface area contributed by atoms with E-state index < -0.39 is 0 Å². The van der Waals surface area contributed by atoms with Crippen LogP contribution in [0, 0.1) is 0 Å². The summed E-state index contributed by atoms with van der Waals surface area (Å²) in [6.45, 7) is 0. The van der Waals surface area contributed by atoms with Crippen LogP contribution in [0.1, 0.15) is 5.69 Å². The molecule has 1 amide bonds. The summed E-state index contributed by atoms with van der Waals surface area (Å²) in [4.78, 5) is 19.4. The van der Waals surface area contributed by atoms with E-state index >= 15 is 0 Å². The lowest BCUT2D eigenvalue weighted by molar-refractivity contribution is -0.115. The topological polar surface area (TPSA) is 67.0 Å². The molecule has 2 N–H and O–H groups in total. The Labute approximate surface area is 160 Å². The molecule has 0 saturated carbocycles. The first-order valence-electron chi connectivity index (χ1n) is 7.68. The predicted molar refractivity (Wildman–Crippen MR) is 105 cm³/mol. The van der Waals surface area contributed by atoms with Crippen molar-refractivity contribution < 1.29 is 9.53 Å². The van der Waals surface area contributed by atoms with Crippen molar-refractivity contribution >= 4 is 51.8 Å². The predicted octanol–water partition coefficient (Wildman–Crippen LogP) is 5.05. The molecule has 0 saturated heterocycles. The highest BCUT2D eigenvalue weighted by molar-refractivity contribution is 6.42. The third-order valence-corrected chi connectivity index (χ3v) is 4.29. The number of rotatable bonds is 5. The van der Waals surface area contributed by atoms with E-state index in [4.69, 9.17) is 27.9 Å². The van der Waals surface area contributed by atoms with Gasteiger partial charge in [-0.25, -0.2) is 0 Å². The lowest BCUT2D eigenvalue weighted by Crippen LogP contribution is -2.15. The molecular formula is C19H15Cl2N3O2. The zero-order valence-electron chi connectivity index (χ0n) is 13.8. The van der Waals surface area contributed by atoms with E-state index in [-0.39, 0.29) is 11.7 Å². The zero-order valence-corrected chi connectivity index (χ0v) is 15.3. The van der Waals surface area contributed by atoms with Gasteiger partial charge in [-0.1, -0.05) is 29.3 Å². The van der Waals surface area contributed by atoms with Crippen molar-refractivity contribution in [2.45, 2.75) is 0 Å². The SMILES string of the molecule is CO/C(=C\C=C\c1cc2cc(Cl)c(Cl)cc2[nH]1)C(=O)Nc1cccnc1. The second kappa shape index (κ2) is 8.08. The second-order valence-electron chi connectivity index (χ2n) is 5.37. The molecule has 0 unspecified atom stereocenters. The van der Waals surface area contributed by atoms with E-state index in [1.165, 1.54) is 7.11 Å². The number of hydrogen-bond donors (Lipinski definition) is 2. The number of amides is 1. The molecule has 0 fully saturated rings. The zero-order chi connectivity index (χ0) is 18.5. The van der Waals surface area contributed by atoms with Crippen LogP contribution in [0.25, 0.3) is 17.0 Å². The summed E-state index contributed by atoms with van der Waals surface area (Å²) in [7, 11) is 1.44. The molecule has 132 valence electrons. The number of halogens is 2. The Bertz CT molecular complexity index is 956. The number of nitrogens with one attached hydrogen (secondary N) is 2. The Morgan fingerprint density at radius 2 is 2.08 bits per heavy atom. The van der Waals surface area contributed by atoms with Crippen LogP contribution in [0.4, 0.5) is 5.69 Å². The number of carbonyl (C=O) groups excluding carboxylic acids is 1. The van der Waals surface area contributed by atoms with Crippen molar-refractivity contribution in [1.82, 2.24) is 9.97 Å². The van der Waals surface area contributed by atoms with Gasteiger partial charge in [0, 0.05) is 22.8 Å². The number of benzene rings is 1. The molecular weight excluding hydrogens is 373 g/mol. The first kappa shape index (κ1) is 18.0. The molecule has 0 aliphatic heterocycles. The molecule has 0 aliphatic rings. The third-order valence-electron chi connectivity index (χ3n) is 3.57. The van der Waals surface area contributed by atoms with Crippen LogP contribution >= 0.6 is 23.2 Å². The minimum absolute atomic E-state index is 0.173. The van der Waals surface area contributed by atoms with Crippen molar-refractivity contribution in [2.75, 3.05) is 12.4 Å². The van der Waals surface area contributed by atoms with Crippen LogP contribution in [-0.2, 0) is 9.53 Å². The normalized spacial score (nSPS) is 11.9. The first-order chi connectivity index (χ1) is 12.6. The number of hydrogen-bond acceptors (Lipinski definition) is 3. The Kier molecular flexibility index (Phi) is 5.61. The summed E-state index contributed by atoms with van der Waals surface area (Å²) in [6, 6.07) is 8.98. The van der Waals surface area contributed by atoms with Gasteiger partial charge in [0.2, 0.25) is 0 Å². The molecule has 5 nitrogen and oxygen atoms in total. The van der Waals surface area contributed by atoms with Gasteiger partial charge in [-0.2, -0.15) is 0 Å². The van der Waals surface area contributed by atoms with E-state index in [2.05, 4.69) is 15.3 Å². The summed E-state index contributed by atoms with van der Waals surface area (Å²) < 4.78 is 5.14. The number of H-pyrrole nitrogens is 1. The number of anilines is 1. The standard InChI is InChI=1S/C19H15Cl2N3O2/c1-26-18(19(25)24-14-5-3-7-22-11-14)6-2-4-13-8-12-9-15(20)16(21)10-17(12)23-13/h2-11,23H,1H3,(H,24,25)/b4-2+,18-6-. The summed E-state index contributed by atoms with van der Waals surface area (Å²) in [6.07, 6.45) is 8.30. The number of aromatic amines is 1. The molecule has 0 atom stereocenters. The molecule has 0 spiro atoms. The van der Waals surface area contributed by atoms with Gasteiger partial charge in [0.05, 0.1) is 29.0 Å². The largest absolute Gasteiger partial charge is 0.491 e. The van der Waals surface area contributed by atoms with Crippen molar-refractivity contribution in [1.29, 1.82) is 0 Å². The Hall–Kier alpha value is -2.76.